The number of pyridine rings is 1. The monoisotopic (exact) mass is 319 g/mol. The number of aromatic nitrogens is 1. The lowest BCUT2D eigenvalue weighted by Crippen LogP contribution is -2.21. The fraction of sp³-hybridized carbons (Fsp3) is 0.375. The summed E-state index contributed by atoms with van der Waals surface area (Å²) in [6, 6.07) is 4.32. The molecule has 0 saturated carbocycles. The van der Waals surface area contributed by atoms with Gasteiger partial charge in [0.25, 0.3) is 0 Å². The van der Waals surface area contributed by atoms with Crippen LogP contribution in [-0.4, -0.2) is 47.0 Å². The molecule has 2 aromatic heterocycles. The predicted octanol–water partition coefficient (Wildman–Crippen LogP) is 2.37. The topological polar surface area (TPSA) is 69.0 Å². The summed E-state index contributed by atoms with van der Waals surface area (Å²) in [6.07, 6.45) is 3.19. The van der Waals surface area contributed by atoms with Gasteiger partial charge in [0.1, 0.15) is 5.75 Å². The van der Waals surface area contributed by atoms with Gasteiger partial charge < -0.3 is 15.1 Å². The van der Waals surface area contributed by atoms with Crippen molar-refractivity contribution < 1.29 is 10.2 Å². The van der Waals surface area contributed by atoms with E-state index < -0.39 is 0 Å². The third kappa shape index (κ3) is 3.71. The Morgan fingerprint density at radius 3 is 2.82 bits per heavy atom. The third-order valence-electron chi connectivity index (χ3n) is 3.52. The zero-order valence-electron chi connectivity index (χ0n) is 13.0. The second-order valence-corrected chi connectivity index (χ2v) is 6.26. The number of thiophene rings is 1. The summed E-state index contributed by atoms with van der Waals surface area (Å²) in [5.74, 6) is 0.0767. The smallest absolute Gasteiger partial charge is 0.145 e. The maximum absolute atomic E-state index is 10.1. The largest absolute Gasteiger partial charge is 0.505 e. The Balaban J connectivity index is 2.20. The number of aryl methyl sites for hydroxylation is 1. The Morgan fingerprint density at radius 1 is 1.45 bits per heavy atom. The number of aromatic hydroxyl groups is 1. The van der Waals surface area contributed by atoms with Gasteiger partial charge in [-0.25, -0.2) is 0 Å². The molecule has 2 aromatic rings. The van der Waals surface area contributed by atoms with Crippen LogP contribution in [0.15, 0.2) is 28.7 Å². The van der Waals surface area contributed by atoms with Crippen molar-refractivity contribution in [3.05, 3.63) is 45.4 Å². The third-order valence-corrected chi connectivity index (χ3v) is 4.50. The van der Waals surface area contributed by atoms with E-state index in [9.17, 15) is 10.2 Å². The maximum atomic E-state index is 10.1. The van der Waals surface area contributed by atoms with Crippen LogP contribution in [0.5, 0.6) is 5.75 Å². The van der Waals surface area contributed by atoms with Gasteiger partial charge in [0, 0.05) is 28.4 Å². The number of aliphatic hydroxyl groups is 1. The lowest BCUT2D eigenvalue weighted by Gasteiger charge is -2.21. The van der Waals surface area contributed by atoms with Crippen LogP contribution in [-0.2, 0) is 6.61 Å². The Bertz CT molecular complexity index is 639. The number of aliphatic hydroxyl groups excluding tert-OH is 1. The molecule has 22 heavy (non-hydrogen) atoms. The molecule has 0 saturated heterocycles. The molecule has 2 N–H and O–H groups in total. The van der Waals surface area contributed by atoms with Crippen LogP contribution < -0.4 is 0 Å². The molecule has 0 amide bonds. The van der Waals surface area contributed by atoms with E-state index in [0.29, 0.717) is 23.4 Å². The minimum Gasteiger partial charge on any atom is -0.505 e. The van der Waals surface area contributed by atoms with Crippen LogP contribution >= 0.6 is 11.3 Å². The van der Waals surface area contributed by atoms with Crippen LogP contribution in [0.4, 0.5) is 0 Å². The molecule has 0 bridgehead atoms. The molecule has 0 fully saturated rings. The summed E-state index contributed by atoms with van der Waals surface area (Å²) in [6.45, 7) is 2.13. The maximum Gasteiger partial charge on any atom is 0.145 e. The van der Waals surface area contributed by atoms with Gasteiger partial charge in [0.15, 0.2) is 0 Å². The highest BCUT2D eigenvalue weighted by molar-refractivity contribution is 7.10. The summed E-state index contributed by atoms with van der Waals surface area (Å²) in [4.78, 5) is 11.9. The van der Waals surface area contributed by atoms with E-state index in [1.54, 1.807) is 30.7 Å². The van der Waals surface area contributed by atoms with Gasteiger partial charge in [0.2, 0.25) is 0 Å². The van der Waals surface area contributed by atoms with E-state index in [0.717, 1.165) is 0 Å². The van der Waals surface area contributed by atoms with Crippen molar-refractivity contribution in [3.8, 4) is 5.75 Å². The van der Waals surface area contributed by atoms with Crippen LogP contribution in [0.25, 0.3) is 0 Å². The first-order chi connectivity index (χ1) is 10.5. The molecule has 2 rings (SSSR count). The van der Waals surface area contributed by atoms with Gasteiger partial charge in [-0.15, -0.1) is 11.3 Å². The summed E-state index contributed by atoms with van der Waals surface area (Å²) >= 11 is 1.70. The highest BCUT2D eigenvalue weighted by atomic mass is 32.1. The molecule has 0 unspecified atom stereocenters. The van der Waals surface area contributed by atoms with Crippen molar-refractivity contribution in [2.75, 3.05) is 20.6 Å². The molecule has 0 aliphatic heterocycles. The van der Waals surface area contributed by atoms with E-state index >= 15 is 0 Å². The lowest BCUT2D eigenvalue weighted by molar-refractivity contribution is 0.280. The Morgan fingerprint density at radius 2 is 2.23 bits per heavy atom. The van der Waals surface area contributed by atoms with Gasteiger partial charge in [0.05, 0.1) is 24.9 Å². The number of aliphatic imine (C=N–C) groups is 1. The molecule has 118 valence electrons. The van der Waals surface area contributed by atoms with E-state index in [-0.39, 0.29) is 18.4 Å². The van der Waals surface area contributed by atoms with E-state index in [1.165, 1.54) is 4.88 Å². The van der Waals surface area contributed by atoms with Crippen molar-refractivity contribution in [2.45, 2.75) is 19.6 Å². The first-order valence-corrected chi connectivity index (χ1v) is 7.90. The zero-order chi connectivity index (χ0) is 16.1. The lowest BCUT2D eigenvalue weighted by atomic mass is 10.1. The highest BCUT2D eigenvalue weighted by Gasteiger charge is 2.14. The molecule has 5 nitrogen and oxygen atoms in total. The molecule has 0 aromatic carbocycles. The van der Waals surface area contributed by atoms with Crippen molar-refractivity contribution in [2.24, 2.45) is 4.99 Å². The molecule has 0 spiro atoms. The van der Waals surface area contributed by atoms with Crippen molar-refractivity contribution in [1.29, 1.82) is 0 Å². The van der Waals surface area contributed by atoms with E-state index in [1.807, 2.05) is 20.2 Å². The van der Waals surface area contributed by atoms with Crippen molar-refractivity contribution in [3.63, 3.8) is 0 Å². The molecule has 6 heteroatoms. The Labute approximate surface area is 134 Å². The number of nitrogens with zero attached hydrogens (tertiary/aromatic N) is 3. The van der Waals surface area contributed by atoms with E-state index in [2.05, 4.69) is 26.3 Å². The number of rotatable bonds is 6. The predicted molar refractivity (Wildman–Crippen MR) is 89.8 cm³/mol. The van der Waals surface area contributed by atoms with E-state index in [4.69, 9.17) is 0 Å². The Kier molecular flexibility index (Phi) is 5.65. The molecular formula is C16H21N3O2S. The summed E-state index contributed by atoms with van der Waals surface area (Å²) in [5, 5.41) is 21.5. The Hall–Kier alpha value is -1.76. The standard InChI is InChI=1S/C16H21N3O2S/c1-11-16(21)13(12(10-20)7-18-11)8-17-9-14(19(2)3)15-5-4-6-22-15/h4-8,14,20-21H,9-10H2,1-3H3/t14-/m1/s1. The molecule has 0 aliphatic carbocycles. The number of hydrogen-bond donors (Lipinski definition) is 2. The van der Waals surface area contributed by atoms with Crippen LogP contribution in [0.2, 0.25) is 0 Å². The number of hydrogen-bond acceptors (Lipinski definition) is 6. The molecule has 1 atom stereocenters. The summed E-state index contributed by atoms with van der Waals surface area (Å²) in [7, 11) is 4.04. The first-order valence-electron chi connectivity index (χ1n) is 7.02. The number of likely N-dealkylation sites (N-methyl/N-ethyl adjacent to an activating group) is 1. The van der Waals surface area contributed by atoms with Gasteiger partial charge in [-0.05, 0) is 32.5 Å². The van der Waals surface area contributed by atoms with Gasteiger partial charge >= 0.3 is 0 Å². The zero-order valence-corrected chi connectivity index (χ0v) is 13.8. The highest BCUT2D eigenvalue weighted by Crippen LogP contribution is 2.25. The van der Waals surface area contributed by atoms with Gasteiger partial charge in [-0.1, -0.05) is 6.07 Å². The summed E-state index contributed by atoms with van der Waals surface area (Å²) < 4.78 is 0. The first kappa shape index (κ1) is 16.6. The average Bonchev–Trinajstić information content (AvgIpc) is 3.01. The molecular weight excluding hydrogens is 298 g/mol. The average molecular weight is 319 g/mol. The van der Waals surface area contributed by atoms with Crippen LogP contribution in [0.3, 0.4) is 0 Å². The van der Waals surface area contributed by atoms with Crippen LogP contribution in [0.1, 0.15) is 27.7 Å². The summed E-state index contributed by atoms with van der Waals surface area (Å²) in [5.41, 5.74) is 1.64. The fourth-order valence-electron chi connectivity index (χ4n) is 2.15. The molecule has 0 radical (unpaired) electrons. The molecule has 2 heterocycles. The second-order valence-electron chi connectivity index (χ2n) is 5.28. The normalized spacial score (nSPS) is 13.1. The van der Waals surface area contributed by atoms with Crippen molar-refractivity contribution >= 4 is 17.6 Å². The van der Waals surface area contributed by atoms with Crippen LogP contribution in [0, 0.1) is 6.92 Å². The fourth-order valence-corrected chi connectivity index (χ4v) is 3.07. The second kappa shape index (κ2) is 7.49. The quantitative estimate of drug-likeness (QED) is 0.802. The van der Waals surface area contributed by atoms with Crippen molar-refractivity contribution in [1.82, 2.24) is 9.88 Å². The minimum atomic E-state index is -0.176. The SMILES string of the molecule is Cc1ncc(CO)c(C=NC[C@H](c2cccs2)N(C)C)c1O. The minimum absolute atomic E-state index is 0.0767. The van der Waals surface area contributed by atoms with Gasteiger partial charge in [-0.2, -0.15) is 0 Å². The molecule has 0 aliphatic rings. The van der Waals surface area contributed by atoms with Gasteiger partial charge in [-0.3, -0.25) is 9.98 Å².